The molecule has 152 valence electrons. The zero-order valence-corrected chi connectivity index (χ0v) is 15.2. The molecule has 0 unspecified atom stereocenters. The molecule has 2 aromatic carbocycles. The molecule has 8 nitrogen and oxygen atoms in total. The van der Waals surface area contributed by atoms with Crippen molar-refractivity contribution in [2.24, 2.45) is 0 Å². The molecule has 1 heterocycles. The zero-order valence-electron chi connectivity index (χ0n) is 15.2. The molecule has 0 aromatic heterocycles. The number of hydrogen-bond acceptors (Lipinski definition) is 7. The summed E-state index contributed by atoms with van der Waals surface area (Å²) in [5.74, 6) is -1.53. The van der Waals surface area contributed by atoms with Crippen LogP contribution >= 0.6 is 0 Å². The highest BCUT2D eigenvalue weighted by atomic mass is 16.7. The molecular formula is C21H20O8. The molecule has 5 atom stereocenters. The van der Waals surface area contributed by atoms with E-state index < -0.39 is 36.7 Å². The van der Waals surface area contributed by atoms with Gasteiger partial charge in [-0.05, 0) is 35.9 Å². The lowest BCUT2D eigenvalue weighted by molar-refractivity contribution is -0.271. The maximum absolute atomic E-state index is 12.2. The number of carboxylic acids is 1. The Morgan fingerprint density at radius 1 is 0.897 bits per heavy atom. The Bertz CT molecular complexity index is 877. The molecule has 0 radical (unpaired) electrons. The Kier molecular flexibility index (Phi) is 6.40. The van der Waals surface area contributed by atoms with Gasteiger partial charge in [0.15, 0.2) is 11.9 Å². The number of carbonyl (C=O) groups excluding carboxylic acids is 1. The molecule has 1 saturated heterocycles. The zero-order chi connectivity index (χ0) is 21.0. The molecular weight excluding hydrogens is 380 g/mol. The number of ether oxygens (including phenoxy) is 2. The molecule has 0 aliphatic carbocycles. The van der Waals surface area contributed by atoms with Crippen LogP contribution in [0.4, 0.5) is 0 Å². The third-order valence-electron chi connectivity index (χ3n) is 4.43. The van der Waals surface area contributed by atoms with Crippen LogP contribution in [-0.4, -0.2) is 62.9 Å². The van der Waals surface area contributed by atoms with Gasteiger partial charge in [-0.2, -0.15) is 0 Å². The maximum atomic E-state index is 12.2. The van der Waals surface area contributed by atoms with Crippen LogP contribution in [-0.2, 0) is 9.53 Å². The lowest BCUT2D eigenvalue weighted by Crippen LogP contribution is -2.61. The minimum absolute atomic E-state index is 0.186. The lowest BCUT2D eigenvalue weighted by atomic mass is 9.99. The van der Waals surface area contributed by atoms with Gasteiger partial charge in [0.2, 0.25) is 6.29 Å². The summed E-state index contributed by atoms with van der Waals surface area (Å²) in [5, 5.41) is 38.5. The monoisotopic (exact) mass is 400 g/mol. The Labute approximate surface area is 166 Å². The van der Waals surface area contributed by atoms with Gasteiger partial charge in [-0.15, -0.1) is 0 Å². The fourth-order valence-electron chi connectivity index (χ4n) is 2.81. The van der Waals surface area contributed by atoms with E-state index in [0.717, 1.165) is 5.56 Å². The van der Waals surface area contributed by atoms with E-state index in [4.69, 9.17) is 14.6 Å². The van der Waals surface area contributed by atoms with Gasteiger partial charge in [0.05, 0.1) is 0 Å². The third kappa shape index (κ3) is 4.87. The highest BCUT2D eigenvalue weighted by Crippen LogP contribution is 2.25. The molecule has 0 amide bonds. The van der Waals surface area contributed by atoms with E-state index in [-0.39, 0.29) is 11.5 Å². The quantitative estimate of drug-likeness (QED) is 0.414. The molecule has 2 aromatic rings. The SMILES string of the molecule is O=C(/C=C/c1ccccc1)c1ccc(O[C@@H]2O[C@H](C(=O)O)[C@@H](O)[C@H](O)[C@H]2O)cc1. The predicted molar refractivity (Wildman–Crippen MR) is 101 cm³/mol. The summed E-state index contributed by atoms with van der Waals surface area (Å²) in [4.78, 5) is 23.4. The van der Waals surface area contributed by atoms with Crippen LogP contribution in [0.2, 0.25) is 0 Å². The fourth-order valence-corrected chi connectivity index (χ4v) is 2.81. The van der Waals surface area contributed by atoms with Gasteiger partial charge in [-0.3, -0.25) is 4.79 Å². The average Bonchev–Trinajstić information content (AvgIpc) is 2.73. The van der Waals surface area contributed by atoms with Crippen LogP contribution in [0.15, 0.2) is 60.7 Å². The van der Waals surface area contributed by atoms with Crippen molar-refractivity contribution in [2.75, 3.05) is 0 Å². The van der Waals surface area contributed by atoms with Crippen LogP contribution in [0.5, 0.6) is 5.75 Å². The molecule has 3 rings (SSSR count). The van der Waals surface area contributed by atoms with Crippen LogP contribution in [0.25, 0.3) is 6.08 Å². The van der Waals surface area contributed by atoms with E-state index >= 15 is 0 Å². The van der Waals surface area contributed by atoms with Crippen molar-refractivity contribution in [2.45, 2.75) is 30.7 Å². The van der Waals surface area contributed by atoms with Crippen molar-refractivity contribution in [1.29, 1.82) is 0 Å². The second kappa shape index (κ2) is 8.97. The highest BCUT2D eigenvalue weighted by Gasteiger charge is 2.48. The molecule has 1 fully saturated rings. The van der Waals surface area contributed by atoms with Crippen LogP contribution in [0.3, 0.4) is 0 Å². The minimum atomic E-state index is -1.79. The predicted octanol–water partition coefficient (Wildman–Crippen LogP) is 0.854. The number of rotatable bonds is 6. The Morgan fingerprint density at radius 2 is 1.55 bits per heavy atom. The average molecular weight is 400 g/mol. The van der Waals surface area contributed by atoms with Crippen LogP contribution in [0, 0.1) is 0 Å². The van der Waals surface area contributed by atoms with E-state index in [2.05, 4.69) is 0 Å². The summed E-state index contributed by atoms with van der Waals surface area (Å²) >= 11 is 0. The number of aliphatic hydroxyl groups excluding tert-OH is 3. The first-order chi connectivity index (χ1) is 13.9. The summed E-state index contributed by atoms with van der Waals surface area (Å²) in [5.41, 5.74) is 1.28. The van der Waals surface area contributed by atoms with Crippen molar-refractivity contribution in [3.8, 4) is 5.75 Å². The Balaban J connectivity index is 1.66. The normalized spacial score (nSPS) is 26.9. The molecule has 29 heavy (non-hydrogen) atoms. The van der Waals surface area contributed by atoms with E-state index in [1.807, 2.05) is 30.3 Å². The van der Waals surface area contributed by atoms with Gasteiger partial charge in [0.25, 0.3) is 0 Å². The summed E-state index contributed by atoms with van der Waals surface area (Å²) in [7, 11) is 0. The number of allylic oxidation sites excluding steroid dienone is 1. The number of aliphatic hydroxyl groups is 3. The smallest absolute Gasteiger partial charge is 0.335 e. The summed E-state index contributed by atoms with van der Waals surface area (Å²) < 4.78 is 10.4. The Hall–Kier alpha value is -3.04. The van der Waals surface area contributed by atoms with Gasteiger partial charge in [0, 0.05) is 5.56 Å². The first-order valence-corrected chi connectivity index (χ1v) is 8.83. The Morgan fingerprint density at radius 3 is 2.17 bits per heavy atom. The number of aliphatic carboxylic acids is 1. The van der Waals surface area contributed by atoms with Gasteiger partial charge in [0.1, 0.15) is 24.1 Å². The molecule has 1 aliphatic heterocycles. The van der Waals surface area contributed by atoms with Crippen molar-refractivity contribution >= 4 is 17.8 Å². The molecule has 1 aliphatic rings. The number of hydrogen-bond donors (Lipinski definition) is 4. The highest BCUT2D eigenvalue weighted by molar-refractivity contribution is 6.06. The lowest BCUT2D eigenvalue weighted by Gasteiger charge is -2.38. The summed E-state index contributed by atoms with van der Waals surface area (Å²) in [6.45, 7) is 0. The topological polar surface area (TPSA) is 134 Å². The first-order valence-electron chi connectivity index (χ1n) is 8.83. The first kappa shape index (κ1) is 20.7. The number of carboxylic acid groups (broad SMARTS) is 1. The number of carbonyl (C=O) groups is 2. The number of ketones is 1. The van der Waals surface area contributed by atoms with Crippen LogP contribution in [0.1, 0.15) is 15.9 Å². The van der Waals surface area contributed by atoms with E-state index in [1.165, 1.54) is 30.3 Å². The van der Waals surface area contributed by atoms with Gasteiger partial charge in [-0.1, -0.05) is 36.4 Å². The summed E-state index contributed by atoms with van der Waals surface area (Å²) in [6.07, 6.45) is -5.32. The van der Waals surface area contributed by atoms with E-state index in [9.17, 15) is 24.9 Å². The van der Waals surface area contributed by atoms with E-state index in [1.54, 1.807) is 6.08 Å². The standard InChI is InChI=1S/C21H20O8/c22-15(11-6-12-4-2-1-3-5-12)13-7-9-14(10-8-13)28-21-18(25)16(23)17(24)19(29-21)20(26)27/h1-11,16-19,21,23-25H,(H,26,27)/b11-6+/t16-,17-,18+,19-,21+/m0/s1. The van der Waals surface area contributed by atoms with Crippen LogP contribution < -0.4 is 4.74 Å². The molecule has 0 saturated carbocycles. The largest absolute Gasteiger partial charge is 0.479 e. The van der Waals surface area contributed by atoms with Crippen molar-refractivity contribution in [3.05, 3.63) is 71.8 Å². The molecule has 0 bridgehead atoms. The molecule has 0 spiro atoms. The molecule has 4 N–H and O–H groups in total. The van der Waals surface area contributed by atoms with Gasteiger partial charge in [-0.25, -0.2) is 4.79 Å². The maximum Gasteiger partial charge on any atom is 0.335 e. The molecule has 8 heteroatoms. The minimum Gasteiger partial charge on any atom is -0.479 e. The van der Waals surface area contributed by atoms with Crippen molar-refractivity contribution in [1.82, 2.24) is 0 Å². The second-order valence-electron chi connectivity index (χ2n) is 6.49. The third-order valence-corrected chi connectivity index (χ3v) is 4.43. The fraction of sp³-hybridized carbons (Fsp3) is 0.238. The van der Waals surface area contributed by atoms with Crippen molar-refractivity contribution < 1.29 is 39.5 Å². The summed E-state index contributed by atoms with van der Waals surface area (Å²) in [6, 6.07) is 15.2. The van der Waals surface area contributed by atoms with Crippen molar-refractivity contribution in [3.63, 3.8) is 0 Å². The van der Waals surface area contributed by atoms with Gasteiger partial charge < -0.3 is 29.9 Å². The van der Waals surface area contributed by atoms with E-state index in [0.29, 0.717) is 5.56 Å². The second-order valence-corrected chi connectivity index (χ2v) is 6.49. The van der Waals surface area contributed by atoms with Gasteiger partial charge >= 0.3 is 5.97 Å². The number of benzene rings is 2.